The highest BCUT2D eigenvalue weighted by Crippen LogP contribution is 2.62. The second kappa shape index (κ2) is 10.9. The monoisotopic (exact) mass is 667 g/mol. The zero-order chi connectivity index (χ0) is 33.5. The topological polar surface area (TPSA) is 22.1 Å². The van der Waals surface area contributed by atoms with Gasteiger partial charge in [-0.25, -0.2) is 4.98 Å². The van der Waals surface area contributed by atoms with Crippen molar-refractivity contribution < 1.29 is 4.74 Å². The van der Waals surface area contributed by atoms with E-state index in [-0.39, 0.29) is 0 Å². The van der Waals surface area contributed by atoms with Crippen LogP contribution < -0.4 is 4.74 Å². The highest BCUT2D eigenvalue weighted by Gasteiger charge is 2.51. The molecule has 0 radical (unpaired) electrons. The molecule has 1 aliphatic carbocycles. The number of benzene rings is 7. The minimum Gasteiger partial charge on any atom is -0.457 e. The Morgan fingerprint density at radius 2 is 1.02 bits per heavy atom. The number of rotatable bonds is 3. The Morgan fingerprint density at radius 3 is 1.76 bits per heavy atom. The highest BCUT2D eigenvalue weighted by molar-refractivity contribution is 7.26. The van der Waals surface area contributed by atoms with Gasteiger partial charge in [0.05, 0.1) is 16.8 Å². The number of fused-ring (bicyclic) bond motifs is 12. The molecule has 9 aromatic rings. The van der Waals surface area contributed by atoms with Crippen molar-refractivity contribution in [1.82, 2.24) is 4.98 Å². The lowest BCUT2D eigenvalue weighted by Gasteiger charge is -2.39. The van der Waals surface area contributed by atoms with Gasteiger partial charge in [-0.05, 0) is 63.7 Å². The Bertz CT molecular complexity index is 2730. The lowest BCUT2D eigenvalue weighted by Crippen LogP contribution is -2.32. The Labute approximate surface area is 299 Å². The van der Waals surface area contributed by atoms with Gasteiger partial charge in [0, 0.05) is 42.4 Å². The number of para-hydroxylation sites is 1. The van der Waals surface area contributed by atoms with Crippen molar-refractivity contribution in [3.05, 3.63) is 198 Å². The molecular weight excluding hydrogens is 639 g/mol. The molecule has 0 bridgehead atoms. The molecule has 0 amide bonds. The summed E-state index contributed by atoms with van der Waals surface area (Å²) in [4.78, 5) is 5.31. The summed E-state index contributed by atoms with van der Waals surface area (Å²) >= 11 is 1.85. The first kappa shape index (κ1) is 28.5. The second-order valence-corrected chi connectivity index (χ2v) is 14.5. The molecule has 3 heteroatoms. The van der Waals surface area contributed by atoms with E-state index in [4.69, 9.17) is 9.72 Å². The van der Waals surface area contributed by atoms with E-state index >= 15 is 0 Å². The molecule has 0 N–H and O–H groups in total. The second-order valence-electron chi connectivity index (χ2n) is 13.4. The molecule has 1 aliphatic heterocycles. The van der Waals surface area contributed by atoms with Gasteiger partial charge in [0.2, 0.25) is 0 Å². The zero-order valence-corrected chi connectivity index (χ0v) is 28.3. The van der Waals surface area contributed by atoms with Crippen LogP contribution in [0.25, 0.3) is 64.9 Å². The molecule has 2 aliphatic rings. The molecule has 7 aromatic carbocycles. The van der Waals surface area contributed by atoms with E-state index in [0.717, 1.165) is 39.6 Å². The van der Waals surface area contributed by atoms with Crippen LogP contribution in [0.5, 0.6) is 11.5 Å². The van der Waals surface area contributed by atoms with Crippen molar-refractivity contribution in [2.24, 2.45) is 0 Å². The van der Waals surface area contributed by atoms with E-state index in [9.17, 15) is 0 Å². The fraction of sp³-hybridized carbons (Fsp3) is 0.0208. The molecule has 1 spiro atoms. The predicted octanol–water partition coefficient (Wildman–Crippen LogP) is 12.9. The van der Waals surface area contributed by atoms with Crippen LogP contribution in [0, 0.1) is 0 Å². The van der Waals surface area contributed by atoms with E-state index in [2.05, 4.69) is 176 Å². The van der Waals surface area contributed by atoms with E-state index in [1.807, 2.05) is 11.3 Å². The smallest absolute Gasteiger partial charge is 0.132 e. The van der Waals surface area contributed by atoms with Crippen molar-refractivity contribution in [3.63, 3.8) is 0 Å². The maximum Gasteiger partial charge on any atom is 0.132 e. The van der Waals surface area contributed by atoms with Crippen LogP contribution >= 0.6 is 11.3 Å². The number of hydrogen-bond donors (Lipinski definition) is 0. The van der Waals surface area contributed by atoms with Gasteiger partial charge in [0.25, 0.3) is 0 Å². The Balaban J connectivity index is 1.18. The number of aromatic nitrogens is 1. The van der Waals surface area contributed by atoms with Crippen molar-refractivity contribution in [1.29, 1.82) is 0 Å². The number of thiophene rings is 1. The molecular formula is C48H29NOS. The van der Waals surface area contributed by atoms with Gasteiger partial charge in [0.1, 0.15) is 11.5 Å². The standard InChI is InChI=1S/C48H29NOS/c1-3-14-30(15-4-1)32-26-42(31-16-5-2-6-17-31)49-43(27-32)36-21-13-20-35-37-28-45-41(29-46(37)51-47(35)36)48(40-24-11-12-25-44(40)50-45)38-22-9-7-18-33(38)34-19-8-10-23-39(34)48/h1-29H. The number of hydrogen-bond acceptors (Lipinski definition) is 3. The summed E-state index contributed by atoms with van der Waals surface area (Å²) in [6.07, 6.45) is 0. The van der Waals surface area contributed by atoms with Crippen molar-refractivity contribution in [3.8, 4) is 56.3 Å². The average molecular weight is 668 g/mol. The van der Waals surface area contributed by atoms with Gasteiger partial charge >= 0.3 is 0 Å². The van der Waals surface area contributed by atoms with Crippen LogP contribution in [0.2, 0.25) is 0 Å². The van der Waals surface area contributed by atoms with Gasteiger partial charge in [-0.3, -0.25) is 0 Å². The van der Waals surface area contributed by atoms with Gasteiger partial charge in [-0.15, -0.1) is 11.3 Å². The lowest BCUT2D eigenvalue weighted by atomic mass is 9.66. The third-order valence-corrected chi connectivity index (χ3v) is 11.9. The average Bonchev–Trinajstić information content (AvgIpc) is 3.71. The van der Waals surface area contributed by atoms with Crippen molar-refractivity contribution in [2.45, 2.75) is 5.41 Å². The SMILES string of the molecule is c1ccc(-c2cc(-c3ccccc3)nc(-c3cccc4c3sc3cc5c(cc34)Oc3ccccc3C53c4ccccc4-c4ccccc43)c2)cc1. The minimum atomic E-state index is -0.485. The van der Waals surface area contributed by atoms with Crippen LogP contribution in [-0.2, 0) is 5.41 Å². The first-order valence-electron chi connectivity index (χ1n) is 17.4. The summed E-state index contributed by atoms with van der Waals surface area (Å²) in [6.45, 7) is 0. The summed E-state index contributed by atoms with van der Waals surface area (Å²) in [5.74, 6) is 1.82. The lowest BCUT2D eigenvalue weighted by molar-refractivity contribution is 0.437. The van der Waals surface area contributed by atoms with Crippen molar-refractivity contribution in [2.75, 3.05) is 0 Å². The third kappa shape index (κ3) is 4.07. The number of pyridine rings is 1. The zero-order valence-electron chi connectivity index (χ0n) is 27.5. The molecule has 0 saturated carbocycles. The number of nitrogens with zero attached hydrogens (tertiary/aromatic N) is 1. The fourth-order valence-electron chi connectivity index (χ4n) is 8.57. The number of ether oxygens (including phenoxy) is 1. The minimum absolute atomic E-state index is 0.485. The van der Waals surface area contributed by atoms with Crippen molar-refractivity contribution >= 4 is 31.5 Å². The molecule has 51 heavy (non-hydrogen) atoms. The van der Waals surface area contributed by atoms with Gasteiger partial charge < -0.3 is 4.74 Å². The summed E-state index contributed by atoms with van der Waals surface area (Å²) < 4.78 is 9.32. The van der Waals surface area contributed by atoms with Gasteiger partial charge in [-0.1, -0.05) is 146 Å². The molecule has 2 nitrogen and oxygen atoms in total. The molecule has 0 atom stereocenters. The predicted molar refractivity (Wildman–Crippen MR) is 211 cm³/mol. The normalized spacial score (nSPS) is 13.4. The van der Waals surface area contributed by atoms with Crippen LogP contribution in [0.1, 0.15) is 22.3 Å². The fourth-order valence-corrected chi connectivity index (χ4v) is 9.82. The quantitative estimate of drug-likeness (QED) is 0.187. The molecule has 11 rings (SSSR count). The molecule has 0 saturated heterocycles. The van der Waals surface area contributed by atoms with E-state index in [1.54, 1.807) is 0 Å². The molecule has 0 unspecified atom stereocenters. The van der Waals surface area contributed by atoms with E-state index in [0.29, 0.717) is 0 Å². The summed E-state index contributed by atoms with van der Waals surface area (Å²) in [7, 11) is 0. The summed E-state index contributed by atoms with van der Waals surface area (Å²) in [5.41, 5.74) is 13.6. The highest BCUT2D eigenvalue weighted by atomic mass is 32.1. The maximum atomic E-state index is 6.86. The van der Waals surface area contributed by atoms with Gasteiger partial charge in [0.15, 0.2) is 0 Å². The largest absolute Gasteiger partial charge is 0.457 e. The van der Waals surface area contributed by atoms with Crippen LogP contribution in [0.3, 0.4) is 0 Å². The molecule has 238 valence electrons. The van der Waals surface area contributed by atoms with Crippen LogP contribution in [0.4, 0.5) is 0 Å². The molecule has 3 heterocycles. The van der Waals surface area contributed by atoms with E-state index in [1.165, 1.54) is 59.1 Å². The Kier molecular flexibility index (Phi) is 6.07. The molecule has 0 fully saturated rings. The van der Waals surface area contributed by atoms with Gasteiger partial charge in [-0.2, -0.15) is 0 Å². The summed E-state index contributed by atoms with van der Waals surface area (Å²) in [6, 6.07) is 63.3. The third-order valence-electron chi connectivity index (χ3n) is 10.7. The Hall–Kier alpha value is -6.29. The first-order valence-corrected chi connectivity index (χ1v) is 18.2. The summed E-state index contributed by atoms with van der Waals surface area (Å²) in [5, 5.41) is 2.42. The Morgan fingerprint density at radius 1 is 0.412 bits per heavy atom. The van der Waals surface area contributed by atoms with E-state index < -0.39 is 5.41 Å². The van der Waals surface area contributed by atoms with Crippen LogP contribution in [-0.4, -0.2) is 4.98 Å². The van der Waals surface area contributed by atoms with Crippen LogP contribution in [0.15, 0.2) is 176 Å². The first-order chi connectivity index (χ1) is 25.3. The molecule has 2 aromatic heterocycles. The maximum absolute atomic E-state index is 6.86.